The number of anilines is 1. The van der Waals surface area contributed by atoms with Crippen LogP contribution in [0, 0.1) is 5.82 Å². The molecule has 2 N–H and O–H groups in total. The third-order valence-corrected chi connectivity index (χ3v) is 3.64. The van der Waals surface area contributed by atoms with Crippen molar-refractivity contribution < 1.29 is 4.39 Å². The van der Waals surface area contributed by atoms with Crippen molar-refractivity contribution in [2.45, 2.75) is 38.1 Å². The van der Waals surface area contributed by atoms with Crippen LogP contribution in [0.4, 0.5) is 10.2 Å². The molecule has 100 valence electrons. The molecule has 0 aliphatic heterocycles. The number of nitrogens with zero attached hydrogens (tertiary/aromatic N) is 2. The van der Waals surface area contributed by atoms with E-state index < -0.39 is 0 Å². The molecule has 0 bridgehead atoms. The van der Waals surface area contributed by atoms with Crippen LogP contribution < -0.4 is 10.6 Å². The summed E-state index contributed by atoms with van der Waals surface area (Å²) in [7, 11) is 0. The quantitative estimate of drug-likeness (QED) is 0.895. The van der Waals surface area contributed by atoms with E-state index in [0.29, 0.717) is 23.4 Å². The first-order valence-corrected chi connectivity index (χ1v) is 6.88. The molecule has 0 radical (unpaired) electrons. The first-order valence-electron chi connectivity index (χ1n) is 6.50. The summed E-state index contributed by atoms with van der Waals surface area (Å²) in [4.78, 5) is 6.21. The summed E-state index contributed by atoms with van der Waals surface area (Å²) in [5.74, 6) is 0.0752. The molecular formula is C13H19ClFN3. The second-order valence-corrected chi connectivity index (χ2v) is 5.17. The Morgan fingerprint density at radius 3 is 2.78 bits per heavy atom. The predicted octanol–water partition coefficient (Wildman–Crippen LogP) is 2.97. The minimum absolute atomic E-state index is 0.335. The maximum absolute atomic E-state index is 14.0. The van der Waals surface area contributed by atoms with Crippen LogP contribution in [0.5, 0.6) is 0 Å². The molecule has 1 aromatic heterocycles. The molecule has 1 aliphatic carbocycles. The molecule has 0 amide bonds. The molecule has 0 atom stereocenters. The van der Waals surface area contributed by atoms with Gasteiger partial charge in [-0.2, -0.15) is 0 Å². The number of hydrogen-bond donors (Lipinski definition) is 1. The first-order chi connectivity index (χ1) is 8.72. The van der Waals surface area contributed by atoms with Gasteiger partial charge in [0.15, 0.2) is 11.6 Å². The van der Waals surface area contributed by atoms with Crippen molar-refractivity contribution in [3.05, 3.63) is 23.1 Å². The van der Waals surface area contributed by atoms with E-state index in [1.807, 2.05) is 0 Å². The molecular weight excluding hydrogens is 253 g/mol. The zero-order valence-electron chi connectivity index (χ0n) is 10.4. The van der Waals surface area contributed by atoms with E-state index in [1.54, 1.807) is 0 Å². The average molecular weight is 272 g/mol. The van der Waals surface area contributed by atoms with Crippen LogP contribution in [-0.2, 0) is 0 Å². The second kappa shape index (κ2) is 6.34. The lowest BCUT2D eigenvalue weighted by molar-refractivity contribution is 0.553. The zero-order valence-corrected chi connectivity index (χ0v) is 11.2. The van der Waals surface area contributed by atoms with Gasteiger partial charge in [-0.05, 0) is 31.9 Å². The monoisotopic (exact) mass is 271 g/mol. The summed E-state index contributed by atoms with van der Waals surface area (Å²) >= 11 is 5.74. The highest BCUT2D eigenvalue weighted by atomic mass is 35.5. The maximum Gasteiger partial charge on any atom is 0.167 e. The molecule has 18 heavy (non-hydrogen) atoms. The van der Waals surface area contributed by atoms with Gasteiger partial charge < -0.3 is 10.6 Å². The smallest absolute Gasteiger partial charge is 0.167 e. The fourth-order valence-electron chi connectivity index (χ4n) is 2.56. The van der Waals surface area contributed by atoms with E-state index in [2.05, 4.69) is 9.88 Å². The molecule has 1 saturated carbocycles. The Kier molecular flexibility index (Phi) is 4.78. The van der Waals surface area contributed by atoms with Gasteiger partial charge in [0, 0.05) is 18.8 Å². The summed E-state index contributed by atoms with van der Waals surface area (Å²) in [5.41, 5.74) is 5.55. The minimum Gasteiger partial charge on any atom is -0.351 e. The molecule has 0 spiro atoms. The van der Waals surface area contributed by atoms with Crippen LogP contribution in [0.25, 0.3) is 0 Å². The summed E-state index contributed by atoms with van der Waals surface area (Å²) in [6, 6.07) is 1.72. The summed E-state index contributed by atoms with van der Waals surface area (Å²) in [5, 5.41) is 0.335. The van der Waals surface area contributed by atoms with Crippen LogP contribution in [0.3, 0.4) is 0 Å². The SMILES string of the molecule is NCCCN(c1ncc(Cl)cc1F)C1CCCC1. The van der Waals surface area contributed by atoms with Gasteiger partial charge >= 0.3 is 0 Å². The Labute approximate surface area is 112 Å². The van der Waals surface area contributed by atoms with E-state index >= 15 is 0 Å². The Morgan fingerprint density at radius 1 is 1.44 bits per heavy atom. The normalized spacial score (nSPS) is 16.2. The highest BCUT2D eigenvalue weighted by Gasteiger charge is 2.25. The second-order valence-electron chi connectivity index (χ2n) is 4.73. The molecule has 1 aromatic rings. The van der Waals surface area contributed by atoms with Gasteiger partial charge in [-0.3, -0.25) is 0 Å². The number of halogens is 2. The van der Waals surface area contributed by atoms with Gasteiger partial charge in [-0.1, -0.05) is 24.4 Å². The summed E-state index contributed by atoms with van der Waals surface area (Å²) < 4.78 is 14.0. The molecule has 0 unspecified atom stereocenters. The van der Waals surface area contributed by atoms with E-state index in [1.165, 1.54) is 25.1 Å². The molecule has 3 nitrogen and oxygen atoms in total. The lowest BCUT2D eigenvalue weighted by Gasteiger charge is -2.30. The van der Waals surface area contributed by atoms with Crippen molar-refractivity contribution in [3.8, 4) is 0 Å². The average Bonchev–Trinajstić information content (AvgIpc) is 2.85. The molecule has 5 heteroatoms. The molecule has 1 heterocycles. The van der Waals surface area contributed by atoms with E-state index in [0.717, 1.165) is 25.8 Å². The van der Waals surface area contributed by atoms with Crippen molar-refractivity contribution in [1.29, 1.82) is 0 Å². The van der Waals surface area contributed by atoms with Crippen molar-refractivity contribution in [2.24, 2.45) is 5.73 Å². The Hall–Kier alpha value is -0.870. The van der Waals surface area contributed by atoms with Crippen LogP contribution in [0.2, 0.25) is 5.02 Å². The highest BCUT2D eigenvalue weighted by Crippen LogP contribution is 2.29. The summed E-state index contributed by atoms with van der Waals surface area (Å²) in [6.07, 6.45) is 6.98. The van der Waals surface area contributed by atoms with Gasteiger partial charge in [-0.15, -0.1) is 0 Å². The standard InChI is InChI=1S/C13H19ClFN3/c14-10-8-12(15)13(17-9-10)18(7-3-6-16)11-4-1-2-5-11/h8-9,11H,1-7,16H2. The number of hydrogen-bond acceptors (Lipinski definition) is 3. The molecule has 0 saturated heterocycles. The van der Waals surface area contributed by atoms with Crippen molar-refractivity contribution in [3.63, 3.8) is 0 Å². The number of rotatable bonds is 5. The Bertz CT molecular complexity index is 394. The fraction of sp³-hybridized carbons (Fsp3) is 0.615. The van der Waals surface area contributed by atoms with Crippen LogP contribution >= 0.6 is 11.6 Å². The van der Waals surface area contributed by atoms with E-state index in [9.17, 15) is 4.39 Å². The van der Waals surface area contributed by atoms with Crippen molar-refractivity contribution in [2.75, 3.05) is 18.0 Å². The van der Waals surface area contributed by atoms with Crippen molar-refractivity contribution >= 4 is 17.4 Å². The van der Waals surface area contributed by atoms with Gasteiger partial charge in [0.1, 0.15) is 0 Å². The first kappa shape index (κ1) is 13.6. The van der Waals surface area contributed by atoms with Crippen molar-refractivity contribution in [1.82, 2.24) is 4.98 Å². The minimum atomic E-state index is -0.341. The fourth-order valence-corrected chi connectivity index (χ4v) is 2.70. The molecule has 2 rings (SSSR count). The summed E-state index contributed by atoms with van der Waals surface area (Å²) in [6.45, 7) is 1.37. The molecule has 1 aliphatic rings. The molecule has 1 fully saturated rings. The number of nitrogens with two attached hydrogens (primary N) is 1. The molecule has 0 aromatic carbocycles. The van der Waals surface area contributed by atoms with E-state index in [-0.39, 0.29) is 5.82 Å². The largest absolute Gasteiger partial charge is 0.351 e. The van der Waals surface area contributed by atoms with Crippen LogP contribution in [0.15, 0.2) is 12.3 Å². The number of pyridine rings is 1. The predicted molar refractivity (Wildman–Crippen MR) is 72.5 cm³/mol. The zero-order chi connectivity index (χ0) is 13.0. The van der Waals surface area contributed by atoms with Gasteiger partial charge in [0.25, 0.3) is 0 Å². The van der Waals surface area contributed by atoms with Gasteiger partial charge in [-0.25, -0.2) is 9.37 Å². The highest BCUT2D eigenvalue weighted by molar-refractivity contribution is 6.30. The topological polar surface area (TPSA) is 42.1 Å². The van der Waals surface area contributed by atoms with Crippen LogP contribution in [0.1, 0.15) is 32.1 Å². The number of aromatic nitrogens is 1. The van der Waals surface area contributed by atoms with Gasteiger partial charge in [0.05, 0.1) is 5.02 Å². The Morgan fingerprint density at radius 2 is 2.17 bits per heavy atom. The Balaban J connectivity index is 2.20. The lowest BCUT2D eigenvalue weighted by atomic mass is 10.2. The third kappa shape index (κ3) is 3.12. The van der Waals surface area contributed by atoms with E-state index in [4.69, 9.17) is 17.3 Å². The van der Waals surface area contributed by atoms with Crippen LogP contribution in [-0.4, -0.2) is 24.1 Å². The lowest BCUT2D eigenvalue weighted by Crippen LogP contribution is -2.36. The maximum atomic E-state index is 14.0. The van der Waals surface area contributed by atoms with Gasteiger partial charge in [0.2, 0.25) is 0 Å². The third-order valence-electron chi connectivity index (χ3n) is 3.43.